The number of carbonyl (C=O) groups excluding carboxylic acids is 1. The summed E-state index contributed by atoms with van der Waals surface area (Å²) in [5, 5.41) is 3.02. The molecule has 148 valence electrons. The van der Waals surface area contributed by atoms with Gasteiger partial charge in [-0.2, -0.15) is 0 Å². The summed E-state index contributed by atoms with van der Waals surface area (Å²) in [6.07, 6.45) is 7.57. The molecule has 0 saturated heterocycles. The second-order valence-electron chi connectivity index (χ2n) is 7.13. The van der Waals surface area contributed by atoms with Gasteiger partial charge in [-0.1, -0.05) is 67.1 Å². The van der Waals surface area contributed by atoms with E-state index in [1.807, 2.05) is 42.5 Å². The van der Waals surface area contributed by atoms with E-state index >= 15 is 0 Å². The molecule has 3 aromatic rings. The van der Waals surface area contributed by atoms with Crippen molar-refractivity contribution in [3.63, 3.8) is 0 Å². The highest BCUT2D eigenvalue weighted by atomic mass is 79.9. The number of hydrogen-bond donors (Lipinski definition) is 1. The molecule has 0 spiro atoms. The van der Waals surface area contributed by atoms with Gasteiger partial charge in [-0.05, 0) is 42.8 Å². The summed E-state index contributed by atoms with van der Waals surface area (Å²) >= 11 is 3.40. The van der Waals surface area contributed by atoms with Crippen LogP contribution in [0.2, 0.25) is 0 Å². The number of hydrogen-bond acceptors (Lipinski definition) is 2. The van der Waals surface area contributed by atoms with Gasteiger partial charge >= 0.3 is 0 Å². The van der Waals surface area contributed by atoms with Gasteiger partial charge in [0.25, 0.3) is 5.91 Å². The van der Waals surface area contributed by atoms with Gasteiger partial charge in [-0.25, -0.2) is 4.98 Å². The molecule has 1 aromatic heterocycles. The molecule has 5 heteroatoms. The number of rotatable bonds is 10. The molecule has 0 aliphatic heterocycles. The lowest BCUT2D eigenvalue weighted by atomic mass is 10.1. The minimum atomic E-state index is -0.0781. The molecule has 2 aromatic carbocycles. The highest BCUT2D eigenvalue weighted by Crippen LogP contribution is 2.18. The number of imidazole rings is 1. The first-order chi connectivity index (χ1) is 13.7. The second-order valence-corrected chi connectivity index (χ2v) is 8.04. The summed E-state index contributed by atoms with van der Waals surface area (Å²) in [6, 6.07) is 15.6. The lowest BCUT2D eigenvalue weighted by Crippen LogP contribution is -2.24. The molecule has 1 amide bonds. The van der Waals surface area contributed by atoms with Gasteiger partial charge in [0.1, 0.15) is 5.82 Å². The van der Waals surface area contributed by atoms with Gasteiger partial charge < -0.3 is 9.88 Å². The monoisotopic (exact) mass is 441 g/mol. The molecule has 0 saturated carbocycles. The van der Waals surface area contributed by atoms with Crippen molar-refractivity contribution < 1.29 is 4.79 Å². The maximum absolute atomic E-state index is 12.5. The Morgan fingerprint density at radius 1 is 1.00 bits per heavy atom. The van der Waals surface area contributed by atoms with Crippen LogP contribution in [-0.2, 0) is 13.1 Å². The molecule has 0 aliphatic rings. The maximum atomic E-state index is 12.5. The zero-order chi connectivity index (χ0) is 19.8. The van der Waals surface area contributed by atoms with Crippen molar-refractivity contribution in [3.05, 3.63) is 64.4 Å². The first-order valence-corrected chi connectivity index (χ1v) is 11.0. The molecule has 0 atom stereocenters. The Morgan fingerprint density at radius 3 is 2.50 bits per heavy atom. The molecule has 28 heavy (non-hydrogen) atoms. The van der Waals surface area contributed by atoms with Crippen LogP contribution >= 0.6 is 15.9 Å². The summed E-state index contributed by atoms with van der Waals surface area (Å²) in [5.74, 6) is 0.839. The van der Waals surface area contributed by atoms with Gasteiger partial charge in [0, 0.05) is 16.6 Å². The van der Waals surface area contributed by atoms with Crippen LogP contribution in [0.4, 0.5) is 0 Å². The van der Waals surface area contributed by atoms with Gasteiger partial charge in [-0.3, -0.25) is 4.79 Å². The molecular formula is C23H28BrN3O. The van der Waals surface area contributed by atoms with E-state index in [0.29, 0.717) is 12.1 Å². The standard InChI is InChI=1S/C23H28BrN3O/c1-2-3-4-5-6-9-16-27-21-11-8-7-10-20(21)26-22(27)17-25-23(28)18-12-14-19(24)15-13-18/h7-8,10-15H,2-6,9,16-17H2,1H3,(H,25,28). The van der Waals surface area contributed by atoms with E-state index in [0.717, 1.165) is 34.3 Å². The van der Waals surface area contributed by atoms with Crippen molar-refractivity contribution in [2.24, 2.45) is 0 Å². The summed E-state index contributed by atoms with van der Waals surface area (Å²) in [5.41, 5.74) is 2.78. The van der Waals surface area contributed by atoms with Crippen LogP contribution in [0.3, 0.4) is 0 Å². The minimum Gasteiger partial charge on any atom is -0.345 e. The van der Waals surface area contributed by atoms with Crippen LogP contribution in [-0.4, -0.2) is 15.5 Å². The highest BCUT2D eigenvalue weighted by molar-refractivity contribution is 9.10. The zero-order valence-electron chi connectivity index (χ0n) is 16.5. The zero-order valence-corrected chi connectivity index (χ0v) is 18.0. The molecule has 1 heterocycles. The summed E-state index contributed by atoms with van der Waals surface area (Å²) in [6.45, 7) is 3.61. The Hall–Kier alpha value is -2.14. The number of nitrogens with one attached hydrogen (secondary N) is 1. The number of aryl methyl sites for hydroxylation is 1. The Morgan fingerprint density at radius 2 is 1.71 bits per heavy atom. The van der Waals surface area contributed by atoms with Crippen molar-refractivity contribution in [2.45, 2.75) is 58.5 Å². The van der Waals surface area contributed by atoms with Crippen molar-refractivity contribution in [1.29, 1.82) is 0 Å². The van der Waals surface area contributed by atoms with Crippen LogP contribution in [0.5, 0.6) is 0 Å². The lowest BCUT2D eigenvalue weighted by molar-refractivity contribution is 0.0949. The molecule has 0 bridgehead atoms. The third-order valence-electron chi connectivity index (χ3n) is 4.98. The third-order valence-corrected chi connectivity index (χ3v) is 5.51. The van der Waals surface area contributed by atoms with E-state index in [1.54, 1.807) is 0 Å². The topological polar surface area (TPSA) is 46.9 Å². The number of unbranched alkanes of at least 4 members (excludes halogenated alkanes) is 5. The molecular weight excluding hydrogens is 414 g/mol. The van der Waals surface area contributed by atoms with E-state index in [2.05, 4.69) is 38.8 Å². The minimum absolute atomic E-state index is 0.0781. The number of benzene rings is 2. The summed E-state index contributed by atoms with van der Waals surface area (Å²) in [4.78, 5) is 17.2. The number of nitrogens with zero attached hydrogens (tertiary/aromatic N) is 2. The molecule has 4 nitrogen and oxygen atoms in total. The summed E-state index contributed by atoms with van der Waals surface area (Å²) in [7, 11) is 0. The van der Waals surface area contributed by atoms with Gasteiger partial charge in [0.05, 0.1) is 17.6 Å². The van der Waals surface area contributed by atoms with E-state index in [-0.39, 0.29) is 5.91 Å². The molecule has 0 aliphatic carbocycles. The first kappa shape index (κ1) is 20.6. The quantitative estimate of drug-likeness (QED) is 0.386. The largest absolute Gasteiger partial charge is 0.345 e. The molecule has 0 fully saturated rings. The SMILES string of the molecule is CCCCCCCCn1c(CNC(=O)c2ccc(Br)cc2)nc2ccccc21. The van der Waals surface area contributed by atoms with E-state index < -0.39 is 0 Å². The maximum Gasteiger partial charge on any atom is 0.251 e. The number of para-hydroxylation sites is 2. The second kappa shape index (κ2) is 10.4. The number of carbonyl (C=O) groups is 1. The van der Waals surface area contributed by atoms with Crippen LogP contribution in [0.1, 0.15) is 61.6 Å². The summed E-state index contributed by atoms with van der Waals surface area (Å²) < 4.78 is 3.22. The van der Waals surface area contributed by atoms with Crippen molar-refractivity contribution in [2.75, 3.05) is 0 Å². The van der Waals surface area contributed by atoms with Gasteiger partial charge in [0.2, 0.25) is 0 Å². The first-order valence-electron chi connectivity index (χ1n) is 10.2. The average Bonchev–Trinajstić information content (AvgIpc) is 3.07. The van der Waals surface area contributed by atoms with Crippen LogP contribution in [0.25, 0.3) is 11.0 Å². The van der Waals surface area contributed by atoms with Gasteiger partial charge in [-0.15, -0.1) is 0 Å². The van der Waals surface area contributed by atoms with Gasteiger partial charge in [0.15, 0.2) is 0 Å². The Bertz CT molecular complexity index is 902. The number of amides is 1. The molecule has 0 unspecified atom stereocenters. The number of halogens is 1. The van der Waals surface area contributed by atoms with E-state index in [4.69, 9.17) is 4.98 Å². The molecule has 0 radical (unpaired) electrons. The fourth-order valence-corrected chi connectivity index (χ4v) is 3.69. The fraction of sp³-hybridized carbons (Fsp3) is 0.391. The van der Waals surface area contributed by atoms with Crippen LogP contribution < -0.4 is 5.32 Å². The van der Waals surface area contributed by atoms with Crippen molar-refractivity contribution in [1.82, 2.24) is 14.9 Å². The molecule has 3 rings (SSSR count). The van der Waals surface area contributed by atoms with Crippen molar-refractivity contribution in [3.8, 4) is 0 Å². The van der Waals surface area contributed by atoms with Crippen LogP contribution in [0.15, 0.2) is 53.0 Å². The smallest absolute Gasteiger partial charge is 0.251 e. The average molecular weight is 442 g/mol. The van der Waals surface area contributed by atoms with Crippen LogP contribution in [0, 0.1) is 0 Å². The van der Waals surface area contributed by atoms with E-state index in [9.17, 15) is 4.79 Å². The Balaban J connectivity index is 1.66. The normalized spacial score (nSPS) is 11.1. The predicted octanol–water partition coefficient (Wildman–Crippen LogP) is 6.09. The Labute approximate surface area is 175 Å². The number of fused-ring (bicyclic) bond motifs is 1. The van der Waals surface area contributed by atoms with Crippen molar-refractivity contribution >= 4 is 32.9 Å². The predicted molar refractivity (Wildman–Crippen MR) is 118 cm³/mol. The Kier molecular flexibility index (Phi) is 7.66. The van der Waals surface area contributed by atoms with E-state index in [1.165, 1.54) is 32.1 Å². The molecule has 1 N–H and O–H groups in total. The number of aromatic nitrogens is 2. The lowest BCUT2D eigenvalue weighted by Gasteiger charge is -2.10. The highest BCUT2D eigenvalue weighted by Gasteiger charge is 2.12. The fourth-order valence-electron chi connectivity index (χ4n) is 3.42. The third kappa shape index (κ3) is 5.44.